The van der Waals surface area contributed by atoms with E-state index in [9.17, 15) is 13.2 Å². The molecular formula is C16H17NO5S. The fourth-order valence-corrected chi connectivity index (χ4v) is 3.55. The van der Waals surface area contributed by atoms with Gasteiger partial charge in [0.1, 0.15) is 5.75 Å². The molecule has 122 valence electrons. The highest BCUT2D eigenvalue weighted by molar-refractivity contribution is 7.92. The number of carbonyl (C=O) groups is 1. The number of hydrogen-bond donors (Lipinski definition) is 1. The summed E-state index contributed by atoms with van der Waals surface area (Å²) >= 11 is 0. The lowest BCUT2D eigenvalue weighted by atomic mass is 10.3. The topological polar surface area (TPSA) is 83.9 Å². The minimum atomic E-state index is -3.86. The van der Waals surface area contributed by atoms with Crippen LogP contribution >= 0.6 is 0 Å². The Labute approximate surface area is 135 Å². The van der Waals surface area contributed by atoms with E-state index in [0.717, 1.165) is 4.31 Å². The van der Waals surface area contributed by atoms with Crippen molar-refractivity contribution in [3.05, 3.63) is 54.6 Å². The first-order valence-corrected chi connectivity index (χ1v) is 8.33. The van der Waals surface area contributed by atoms with Gasteiger partial charge in [-0.15, -0.1) is 0 Å². The molecule has 0 bridgehead atoms. The van der Waals surface area contributed by atoms with E-state index in [0.29, 0.717) is 11.4 Å². The maximum atomic E-state index is 12.8. The number of sulfonamides is 1. The lowest BCUT2D eigenvalue weighted by molar-refractivity contribution is -0.136. The number of nitrogens with zero attached hydrogens (tertiary/aromatic N) is 1. The smallest absolute Gasteiger partial charge is 0.305 e. The van der Waals surface area contributed by atoms with E-state index in [1.807, 2.05) is 0 Å². The van der Waals surface area contributed by atoms with Crippen molar-refractivity contribution in [1.29, 1.82) is 0 Å². The van der Waals surface area contributed by atoms with Crippen LogP contribution in [0.5, 0.6) is 5.75 Å². The van der Waals surface area contributed by atoms with Crippen molar-refractivity contribution in [3.8, 4) is 5.75 Å². The molecule has 0 radical (unpaired) electrons. The summed E-state index contributed by atoms with van der Waals surface area (Å²) in [5.41, 5.74) is 0.356. The van der Waals surface area contributed by atoms with Gasteiger partial charge in [0, 0.05) is 12.6 Å². The molecular weight excluding hydrogens is 318 g/mol. The summed E-state index contributed by atoms with van der Waals surface area (Å²) in [7, 11) is -2.38. The number of anilines is 1. The maximum Gasteiger partial charge on any atom is 0.305 e. The first-order chi connectivity index (χ1) is 10.9. The molecule has 6 nitrogen and oxygen atoms in total. The van der Waals surface area contributed by atoms with E-state index in [1.54, 1.807) is 42.5 Å². The average Bonchev–Trinajstić information content (AvgIpc) is 2.55. The summed E-state index contributed by atoms with van der Waals surface area (Å²) in [4.78, 5) is 11.0. The highest BCUT2D eigenvalue weighted by Gasteiger charge is 2.25. The van der Waals surface area contributed by atoms with Gasteiger partial charge in [-0.3, -0.25) is 9.10 Å². The van der Waals surface area contributed by atoms with Gasteiger partial charge in [-0.05, 0) is 24.3 Å². The second-order valence-corrected chi connectivity index (χ2v) is 6.60. The molecule has 0 unspecified atom stereocenters. The standard InChI is InChI=1S/C16H17NO5S/c1-22-14-7-5-6-13(12-14)17(11-10-16(18)19)23(20,21)15-8-3-2-4-9-15/h2-9,12H,10-11H2,1H3,(H,18,19). The van der Waals surface area contributed by atoms with Crippen LogP contribution in [0.1, 0.15) is 6.42 Å². The Hall–Kier alpha value is -2.54. The van der Waals surface area contributed by atoms with Crippen LogP contribution < -0.4 is 9.04 Å². The van der Waals surface area contributed by atoms with Gasteiger partial charge in [-0.1, -0.05) is 24.3 Å². The Bertz CT molecular complexity index is 774. The summed E-state index contributed by atoms with van der Waals surface area (Å²) in [5.74, 6) is -0.577. The van der Waals surface area contributed by atoms with Gasteiger partial charge in [0.05, 0.1) is 24.1 Å². The van der Waals surface area contributed by atoms with Crippen LogP contribution in [0.2, 0.25) is 0 Å². The number of benzene rings is 2. The Morgan fingerprint density at radius 3 is 2.43 bits per heavy atom. The quantitative estimate of drug-likeness (QED) is 0.840. The highest BCUT2D eigenvalue weighted by atomic mass is 32.2. The second kappa shape index (κ2) is 7.15. The molecule has 0 saturated heterocycles. The summed E-state index contributed by atoms with van der Waals surface area (Å²) in [6.07, 6.45) is -0.302. The van der Waals surface area contributed by atoms with Crippen LogP contribution in [-0.2, 0) is 14.8 Å². The number of rotatable bonds is 7. The van der Waals surface area contributed by atoms with Crippen molar-refractivity contribution in [2.75, 3.05) is 18.0 Å². The van der Waals surface area contributed by atoms with E-state index in [1.165, 1.54) is 19.2 Å². The monoisotopic (exact) mass is 335 g/mol. The molecule has 2 aromatic carbocycles. The molecule has 2 aromatic rings. The first kappa shape index (κ1) is 16.8. The Morgan fingerprint density at radius 2 is 1.83 bits per heavy atom. The Balaban J connectivity index is 2.47. The lowest BCUT2D eigenvalue weighted by Crippen LogP contribution is -2.33. The molecule has 0 atom stereocenters. The summed E-state index contributed by atoms with van der Waals surface area (Å²) < 4.78 is 31.9. The fraction of sp³-hybridized carbons (Fsp3) is 0.188. The zero-order valence-corrected chi connectivity index (χ0v) is 13.4. The zero-order chi connectivity index (χ0) is 16.9. The van der Waals surface area contributed by atoms with E-state index >= 15 is 0 Å². The zero-order valence-electron chi connectivity index (χ0n) is 12.5. The third-order valence-electron chi connectivity index (χ3n) is 3.20. The summed E-state index contributed by atoms with van der Waals surface area (Å²) in [6, 6.07) is 14.4. The number of carboxylic acids is 1. The van der Waals surface area contributed by atoms with Gasteiger partial charge in [-0.2, -0.15) is 0 Å². The largest absolute Gasteiger partial charge is 0.497 e. The van der Waals surface area contributed by atoms with Gasteiger partial charge in [0.25, 0.3) is 10.0 Å². The molecule has 0 heterocycles. The van der Waals surface area contributed by atoms with Crippen LogP contribution in [0, 0.1) is 0 Å². The van der Waals surface area contributed by atoms with Crippen LogP contribution in [0.25, 0.3) is 0 Å². The molecule has 0 aromatic heterocycles. The average molecular weight is 335 g/mol. The molecule has 0 aliphatic rings. The number of carboxylic acid groups (broad SMARTS) is 1. The number of methoxy groups -OCH3 is 1. The number of hydrogen-bond acceptors (Lipinski definition) is 4. The van der Waals surface area contributed by atoms with Gasteiger partial charge >= 0.3 is 5.97 Å². The minimum absolute atomic E-state index is 0.105. The number of aliphatic carboxylic acids is 1. The SMILES string of the molecule is COc1cccc(N(CCC(=O)O)S(=O)(=O)c2ccccc2)c1. The van der Waals surface area contributed by atoms with E-state index in [4.69, 9.17) is 9.84 Å². The molecule has 0 aliphatic heterocycles. The molecule has 0 amide bonds. The van der Waals surface area contributed by atoms with Crippen molar-refractivity contribution in [2.45, 2.75) is 11.3 Å². The van der Waals surface area contributed by atoms with Crippen molar-refractivity contribution < 1.29 is 23.1 Å². The van der Waals surface area contributed by atoms with Crippen LogP contribution in [0.3, 0.4) is 0 Å². The molecule has 23 heavy (non-hydrogen) atoms. The van der Waals surface area contributed by atoms with Gasteiger partial charge < -0.3 is 9.84 Å². The minimum Gasteiger partial charge on any atom is -0.497 e. The summed E-state index contributed by atoms with van der Waals surface area (Å²) in [6.45, 7) is -0.167. The van der Waals surface area contributed by atoms with Crippen molar-refractivity contribution >= 4 is 21.7 Å². The third-order valence-corrected chi connectivity index (χ3v) is 5.04. The lowest BCUT2D eigenvalue weighted by Gasteiger charge is -2.24. The highest BCUT2D eigenvalue weighted by Crippen LogP contribution is 2.27. The van der Waals surface area contributed by atoms with Gasteiger partial charge in [-0.25, -0.2) is 8.42 Å². The van der Waals surface area contributed by atoms with Crippen LogP contribution in [0.4, 0.5) is 5.69 Å². The van der Waals surface area contributed by atoms with E-state index < -0.39 is 16.0 Å². The predicted octanol–water partition coefficient (Wildman–Crippen LogP) is 2.37. The second-order valence-electron chi connectivity index (χ2n) is 4.74. The van der Waals surface area contributed by atoms with Crippen molar-refractivity contribution in [3.63, 3.8) is 0 Å². The molecule has 0 spiro atoms. The molecule has 0 fully saturated rings. The molecule has 1 N–H and O–H groups in total. The summed E-state index contributed by atoms with van der Waals surface area (Å²) in [5, 5.41) is 8.90. The Kier molecular flexibility index (Phi) is 5.23. The molecule has 7 heteroatoms. The molecule has 2 rings (SSSR count). The predicted molar refractivity (Wildman–Crippen MR) is 86.2 cm³/mol. The normalized spacial score (nSPS) is 11.0. The fourth-order valence-electron chi connectivity index (χ4n) is 2.07. The van der Waals surface area contributed by atoms with E-state index in [2.05, 4.69) is 0 Å². The van der Waals surface area contributed by atoms with Crippen molar-refractivity contribution in [1.82, 2.24) is 0 Å². The van der Waals surface area contributed by atoms with Crippen LogP contribution in [0.15, 0.2) is 59.5 Å². The van der Waals surface area contributed by atoms with Gasteiger partial charge in [0.2, 0.25) is 0 Å². The molecule has 0 saturated carbocycles. The molecule has 0 aliphatic carbocycles. The maximum absolute atomic E-state index is 12.8. The Morgan fingerprint density at radius 1 is 1.13 bits per heavy atom. The van der Waals surface area contributed by atoms with Gasteiger partial charge in [0.15, 0.2) is 0 Å². The van der Waals surface area contributed by atoms with E-state index in [-0.39, 0.29) is 17.9 Å². The third kappa shape index (κ3) is 4.01. The number of ether oxygens (including phenoxy) is 1. The first-order valence-electron chi connectivity index (χ1n) is 6.89. The van der Waals surface area contributed by atoms with Crippen molar-refractivity contribution in [2.24, 2.45) is 0 Å². The van der Waals surface area contributed by atoms with Crippen LogP contribution in [-0.4, -0.2) is 33.1 Å².